The van der Waals surface area contributed by atoms with Gasteiger partial charge < -0.3 is 9.64 Å². The monoisotopic (exact) mass is 470 g/mol. The fourth-order valence-corrected chi connectivity index (χ4v) is 4.64. The van der Waals surface area contributed by atoms with E-state index in [2.05, 4.69) is 19.1 Å². The molecule has 1 fully saturated rings. The van der Waals surface area contributed by atoms with Crippen molar-refractivity contribution in [1.29, 1.82) is 0 Å². The maximum absolute atomic E-state index is 13.6. The molecule has 176 valence electrons. The van der Waals surface area contributed by atoms with E-state index in [-0.39, 0.29) is 37.1 Å². The Morgan fingerprint density at radius 2 is 1.79 bits per heavy atom. The fraction of sp³-hybridized carbons (Fsp3) is 0.423. The summed E-state index contributed by atoms with van der Waals surface area (Å²) in [5.74, 6) is -0.873. The van der Waals surface area contributed by atoms with E-state index in [0.717, 1.165) is 12.0 Å². The minimum Gasteiger partial charge on any atom is -0.385 e. The van der Waals surface area contributed by atoms with Gasteiger partial charge in [-0.2, -0.15) is 0 Å². The molecule has 0 radical (unpaired) electrons. The Morgan fingerprint density at radius 3 is 2.42 bits per heavy atom. The van der Waals surface area contributed by atoms with Gasteiger partial charge in [-0.15, -0.1) is 0 Å². The van der Waals surface area contributed by atoms with Crippen molar-refractivity contribution in [2.24, 2.45) is 0 Å². The third-order valence-electron chi connectivity index (χ3n) is 6.26. The largest absolute Gasteiger partial charge is 0.385 e. The third-order valence-corrected chi connectivity index (χ3v) is 6.59. The lowest BCUT2D eigenvalue weighted by Crippen LogP contribution is -2.43. The minimum absolute atomic E-state index is 0.0761. The lowest BCUT2D eigenvalue weighted by atomic mass is 9.75. The Balaban J connectivity index is 1.86. The van der Waals surface area contributed by atoms with Crippen LogP contribution in [-0.2, 0) is 37.5 Å². The van der Waals surface area contributed by atoms with Crippen LogP contribution >= 0.6 is 11.6 Å². The second-order valence-electron chi connectivity index (χ2n) is 8.53. The second kappa shape index (κ2) is 10.9. The Morgan fingerprint density at radius 1 is 1.12 bits per heavy atom. The van der Waals surface area contributed by atoms with Crippen LogP contribution in [0.15, 0.2) is 48.5 Å². The predicted molar refractivity (Wildman–Crippen MR) is 128 cm³/mol. The molecule has 0 spiro atoms. The molecule has 1 saturated heterocycles. The van der Waals surface area contributed by atoms with Crippen LogP contribution in [0.2, 0.25) is 5.02 Å². The average Bonchev–Trinajstić information content (AvgIpc) is 3.04. The quantitative estimate of drug-likeness (QED) is 0.389. The molecule has 2 aromatic carbocycles. The van der Waals surface area contributed by atoms with E-state index >= 15 is 0 Å². The normalized spacial score (nSPS) is 18.1. The SMILES string of the molecule is CCc1ccc(CN(C)C(=O)CC2(c3ccccc3Cl)CC(=O)N(CCCOC)C2=O)cc1. The van der Waals surface area contributed by atoms with Crippen molar-refractivity contribution in [1.82, 2.24) is 9.80 Å². The molecule has 3 amide bonds. The first kappa shape index (κ1) is 24.9. The Hall–Kier alpha value is -2.70. The maximum atomic E-state index is 13.6. The summed E-state index contributed by atoms with van der Waals surface area (Å²) in [6, 6.07) is 15.1. The Bertz CT molecular complexity index is 1010. The lowest BCUT2D eigenvalue weighted by molar-refractivity contribution is -0.142. The van der Waals surface area contributed by atoms with Gasteiger partial charge >= 0.3 is 0 Å². The molecule has 1 unspecified atom stereocenters. The molecule has 3 rings (SSSR count). The number of nitrogens with zero attached hydrogens (tertiary/aromatic N) is 2. The van der Waals surface area contributed by atoms with Gasteiger partial charge in [0.15, 0.2) is 0 Å². The molecule has 7 heteroatoms. The molecule has 0 aromatic heterocycles. The number of methoxy groups -OCH3 is 1. The van der Waals surface area contributed by atoms with Crippen molar-refractivity contribution < 1.29 is 19.1 Å². The average molecular weight is 471 g/mol. The first-order valence-electron chi connectivity index (χ1n) is 11.2. The van der Waals surface area contributed by atoms with Gasteiger partial charge in [0.25, 0.3) is 0 Å². The summed E-state index contributed by atoms with van der Waals surface area (Å²) in [6.45, 7) is 3.21. The van der Waals surface area contributed by atoms with E-state index in [1.807, 2.05) is 12.1 Å². The number of carbonyl (C=O) groups is 3. The summed E-state index contributed by atoms with van der Waals surface area (Å²) in [4.78, 5) is 42.7. The van der Waals surface area contributed by atoms with Crippen LogP contribution in [0.4, 0.5) is 0 Å². The number of hydrogen-bond acceptors (Lipinski definition) is 4. The molecular weight excluding hydrogens is 440 g/mol. The highest BCUT2D eigenvalue weighted by molar-refractivity contribution is 6.32. The van der Waals surface area contributed by atoms with Gasteiger partial charge in [-0.25, -0.2) is 0 Å². The molecule has 6 nitrogen and oxygen atoms in total. The maximum Gasteiger partial charge on any atom is 0.240 e. The van der Waals surface area contributed by atoms with Crippen molar-refractivity contribution in [3.05, 3.63) is 70.2 Å². The topological polar surface area (TPSA) is 66.9 Å². The van der Waals surface area contributed by atoms with Crippen LogP contribution in [0.5, 0.6) is 0 Å². The standard InChI is InChI=1S/C26H31ClN2O4/c1-4-19-10-12-20(13-11-19)18-28(2)23(30)16-26(21-8-5-6-9-22(21)27)17-24(31)29(25(26)32)14-7-15-33-3/h5-6,8-13H,4,7,14-18H2,1-3H3. The number of carbonyl (C=O) groups excluding carboxylic acids is 3. The number of ether oxygens (including phenoxy) is 1. The number of halogens is 1. The lowest BCUT2D eigenvalue weighted by Gasteiger charge is -2.30. The van der Waals surface area contributed by atoms with Gasteiger partial charge in [-0.3, -0.25) is 19.3 Å². The Kier molecular flexibility index (Phi) is 8.27. The summed E-state index contributed by atoms with van der Waals surface area (Å²) in [7, 11) is 3.29. The number of likely N-dealkylation sites (tertiary alicyclic amines) is 1. The first-order chi connectivity index (χ1) is 15.8. The first-order valence-corrected chi connectivity index (χ1v) is 11.6. The highest BCUT2D eigenvalue weighted by Gasteiger charge is 2.54. The molecule has 0 N–H and O–H groups in total. The van der Waals surface area contributed by atoms with Crippen LogP contribution in [0.25, 0.3) is 0 Å². The number of benzene rings is 2. The van der Waals surface area contributed by atoms with Gasteiger partial charge in [-0.1, -0.05) is 61.0 Å². The molecule has 0 saturated carbocycles. The van der Waals surface area contributed by atoms with Gasteiger partial charge in [0, 0.05) is 51.7 Å². The van der Waals surface area contributed by atoms with Gasteiger partial charge in [0.1, 0.15) is 0 Å². The van der Waals surface area contributed by atoms with Gasteiger partial charge in [-0.05, 0) is 35.6 Å². The van der Waals surface area contributed by atoms with E-state index < -0.39 is 5.41 Å². The van der Waals surface area contributed by atoms with Crippen molar-refractivity contribution in [2.45, 2.75) is 44.6 Å². The second-order valence-corrected chi connectivity index (χ2v) is 8.94. The highest BCUT2D eigenvalue weighted by atomic mass is 35.5. The minimum atomic E-state index is -1.31. The van der Waals surface area contributed by atoms with Crippen molar-refractivity contribution in [3.63, 3.8) is 0 Å². The number of aryl methyl sites for hydroxylation is 1. The molecule has 2 aromatic rings. The molecule has 33 heavy (non-hydrogen) atoms. The van der Waals surface area contributed by atoms with Crippen molar-refractivity contribution >= 4 is 29.3 Å². The van der Waals surface area contributed by atoms with E-state index in [1.165, 1.54) is 10.5 Å². The van der Waals surface area contributed by atoms with Gasteiger partial charge in [0.2, 0.25) is 17.7 Å². The zero-order valence-corrected chi connectivity index (χ0v) is 20.2. The zero-order valence-electron chi connectivity index (χ0n) is 19.5. The highest BCUT2D eigenvalue weighted by Crippen LogP contribution is 2.43. The van der Waals surface area contributed by atoms with Crippen molar-refractivity contribution in [3.8, 4) is 0 Å². The van der Waals surface area contributed by atoms with Crippen LogP contribution in [0.1, 0.15) is 42.9 Å². The number of amides is 3. The van der Waals surface area contributed by atoms with E-state index in [4.69, 9.17) is 16.3 Å². The predicted octanol–water partition coefficient (Wildman–Crippen LogP) is 3.98. The van der Waals surface area contributed by atoms with E-state index in [9.17, 15) is 14.4 Å². The molecule has 1 heterocycles. The molecule has 1 aliphatic heterocycles. The zero-order chi connectivity index (χ0) is 24.0. The van der Waals surface area contributed by atoms with Crippen LogP contribution in [0.3, 0.4) is 0 Å². The van der Waals surface area contributed by atoms with E-state index in [1.54, 1.807) is 43.3 Å². The van der Waals surface area contributed by atoms with Crippen LogP contribution in [-0.4, -0.2) is 54.8 Å². The molecular formula is C26H31ClN2O4. The summed E-state index contributed by atoms with van der Waals surface area (Å²) >= 11 is 6.48. The third kappa shape index (κ3) is 5.45. The molecule has 0 bridgehead atoms. The fourth-order valence-electron chi connectivity index (χ4n) is 4.32. The Labute approximate surface area is 200 Å². The van der Waals surface area contributed by atoms with E-state index in [0.29, 0.717) is 30.2 Å². The van der Waals surface area contributed by atoms with Crippen molar-refractivity contribution in [2.75, 3.05) is 27.3 Å². The summed E-state index contributed by atoms with van der Waals surface area (Å²) < 4.78 is 5.06. The summed E-state index contributed by atoms with van der Waals surface area (Å²) in [5.41, 5.74) is 1.45. The number of imide groups is 1. The molecule has 0 aliphatic carbocycles. The van der Waals surface area contributed by atoms with Crippen LogP contribution in [0, 0.1) is 0 Å². The number of rotatable bonds is 10. The summed E-state index contributed by atoms with van der Waals surface area (Å²) in [6.07, 6.45) is 1.29. The smallest absolute Gasteiger partial charge is 0.240 e. The summed E-state index contributed by atoms with van der Waals surface area (Å²) in [5, 5.41) is 0.378. The number of hydrogen-bond donors (Lipinski definition) is 0. The molecule has 1 atom stereocenters. The molecule has 1 aliphatic rings. The van der Waals surface area contributed by atoms with Crippen LogP contribution < -0.4 is 0 Å². The van der Waals surface area contributed by atoms with Gasteiger partial charge in [0.05, 0.1) is 5.41 Å².